The van der Waals surface area contributed by atoms with Gasteiger partial charge in [0.15, 0.2) is 6.10 Å². The molecule has 418 valence electrons. The zero-order chi connectivity index (χ0) is 50.0. The first-order valence-electron chi connectivity index (χ1n) is 24.6. The molecule has 70 heavy (non-hydrogen) atoms. The van der Waals surface area contributed by atoms with Crippen molar-refractivity contribution in [2.24, 2.45) is 0 Å². The molecule has 0 bridgehead atoms. The lowest BCUT2D eigenvalue weighted by atomic mass is 9.85. The fourth-order valence-electron chi connectivity index (χ4n) is 7.50. The van der Waals surface area contributed by atoms with E-state index in [1.807, 2.05) is 0 Å². The fraction of sp³-hybridized carbons (Fsp3) is 0.867. The van der Waals surface area contributed by atoms with E-state index in [-0.39, 0.29) is 31.3 Å². The van der Waals surface area contributed by atoms with Gasteiger partial charge in [0.25, 0.3) is 23.5 Å². The highest BCUT2D eigenvalue weighted by Gasteiger charge is 2.54. The lowest BCUT2D eigenvalue weighted by molar-refractivity contribution is -0.278. The van der Waals surface area contributed by atoms with E-state index in [4.69, 9.17) is 28.3 Å². The number of unbranched alkanes of at least 4 members (excludes halogenated alkanes) is 22. The molecule has 1 aliphatic rings. The highest BCUT2D eigenvalue weighted by Crippen LogP contribution is 2.47. The minimum atomic E-state index is -5.83. The van der Waals surface area contributed by atoms with Gasteiger partial charge in [0.2, 0.25) is 0 Å². The third-order valence-corrected chi connectivity index (χ3v) is 13.2. The first kappa shape index (κ1) is 72.8. The van der Waals surface area contributed by atoms with Gasteiger partial charge in [0.1, 0.15) is 43.2 Å². The molecule has 0 aliphatic heterocycles. The van der Waals surface area contributed by atoms with Crippen LogP contribution >= 0.6 is 23.5 Å². The molecule has 0 aromatic carbocycles. The number of carbonyl (C=O) groups is 2. The Bertz CT molecular complexity index is 1480. The van der Waals surface area contributed by atoms with Crippen LogP contribution in [0, 0.1) is 0 Å². The lowest BCUT2D eigenvalue weighted by Gasteiger charge is -2.47. The minimum Gasteiger partial charge on any atom is -0.756 e. The van der Waals surface area contributed by atoms with E-state index in [0.29, 0.717) is 12.8 Å². The number of hydrogen-bond donors (Lipinski definition) is 8. The van der Waals surface area contributed by atoms with Crippen LogP contribution in [0.15, 0.2) is 24.3 Å². The highest BCUT2D eigenvalue weighted by atomic mass is 31.2. The maximum atomic E-state index is 13.0. The van der Waals surface area contributed by atoms with Crippen LogP contribution in [0.3, 0.4) is 0 Å². The van der Waals surface area contributed by atoms with Gasteiger partial charge in [0.05, 0.1) is 6.61 Å². The molecule has 17 N–H and O–H groups in total. The normalized spacial score (nSPS) is 22.2. The maximum Gasteiger partial charge on any atom is 0.306 e. The summed E-state index contributed by atoms with van der Waals surface area (Å²) < 4.78 is 64.5. The number of allylic oxidation sites excluding steroid dienone is 4. The van der Waals surface area contributed by atoms with Crippen LogP contribution in [0.1, 0.15) is 194 Å². The molecule has 0 spiro atoms. The van der Waals surface area contributed by atoms with Crippen molar-refractivity contribution in [2.45, 2.75) is 236 Å². The highest BCUT2D eigenvalue weighted by molar-refractivity contribution is 7.46. The average molecular weight is 1070 g/mol. The van der Waals surface area contributed by atoms with Gasteiger partial charge in [-0.25, -0.2) is 0 Å². The second-order valence-corrected chi connectivity index (χ2v) is 21.0. The van der Waals surface area contributed by atoms with Crippen LogP contribution in [0.4, 0.5) is 0 Å². The Balaban J connectivity index is -0.0000150. The van der Waals surface area contributed by atoms with Gasteiger partial charge in [0, 0.05) is 12.8 Å². The summed E-state index contributed by atoms with van der Waals surface area (Å²) in [6, 6.07) is 0. The molecule has 1 rings (SSSR count). The summed E-state index contributed by atoms with van der Waals surface area (Å²) in [5.74, 6) is -1.38. The molecule has 0 radical (unpaired) electrons. The van der Waals surface area contributed by atoms with Crippen LogP contribution in [0.2, 0.25) is 0 Å². The number of aliphatic hydroxyl groups is 3. The third kappa shape index (κ3) is 38.1. The smallest absolute Gasteiger partial charge is 0.306 e. The third-order valence-electron chi connectivity index (χ3n) is 11.2. The van der Waals surface area contributed by atoms with E-state index in [1.54, 1.807) is 0 Å². The van der Waals surface area contributed by atoms with E-state index < -0.39 is 91.3 Å². The molecule has 1 fully saturated rings. The topological polar surface area (TPSA) is 421 Å². The molecular weight excluding hydrogens is 979 g/mol. The fourth-order valence-corrected chi connectivity index (χ4v) is 9.57. The number of rotatable bonds is 42. The molecule has 1 aliphatic carbocycles. The van der Waals surface area contributed by atoms with Gasteiger partial charge < -0.3 is 85.8 Å². The van der Waals surface area contributed by atoms with Crippen LogP contribution in [0.25, 0.3) is 0 Å². The lowest BCUT2D eigenvalue weighted by Crippen LogP contribution is -2.65. The van der Waals surface area contributed by atoms with E-state index in [9.17, 15) is 53.3 Å². The molecule has 0 aromatic heterocycles. The summed E-state index contributed by atoms with van der Waals surface area (Å²) in [4.78, 5) is 79.6. The summed E-state index contributed by atoms with van der Waals surface area (Å²) in [6.45, 7) is 2.77. The standard InChI is InChI=1S/C45H85O19P3.3H3N/c1-3-5-7-9-11-13-15-17-19-21-23-25-27-29-31-33-38(46)59-35-37(61-39(47)34-32-30-28-26-24-22-20-18-16-14-12-10-8-6-4-2)36-60-67(57,58)64-45-41(49)43(62-65(51,52)53)40(48)44(42(45)50)63-66(54,55)56;;;/h17-20,37,40-45,48-50H,3-16,21-36H2,1-2H3,(H,57,58)(H2,51,52,53)(H2,54,55,56);3*1H3/b19-17-,20-18-;;;/t37-,40?,41-,42-,43-,44+,45?;;;/m1.../s1. The van der Waals surface area contributed by atoms with Crippen molar-refractivity contribution in [2.75, 3.05) is 13.2 Å². The Hall–Kier alpha value is -1.49. The molecule has 22 nitrogen and oxygen atoms in total. The molecule has 5 unspecified atom stereocenters. The number of ether oxygens (including phenoxy) is 2. The zero-order valence-corrected chi connectivity index (χ0v) is 45.5. The zero-order valence-electron chi connectivity index (χ0n) is 42.9. The Kier molecular flexibility index (Phi) is 44.5. The van der Waals surface area contributed by atoms with E-state index in [0.717, 1.165) is 77.0 Å². The van der Waals surface area contributed by atoms with Crippen LogP contribution in [-0.2, 0) is 50.9 Å². The second-order valence-electron chi connectivity index (χ2n) is 17.3. The molecule has 0 saturated heterocycles. The number of phosphoric acid groups is 3. The van der Waals surface area contributed by atoms with Crippen LogP contribution in [0.5, 0.6) is 0 Å². The largest absolute Gasteiger partial charge is 0.756 e. The summed E-state index contributed by atoms with van der Waals surface area (Å²) >= 11 is 0. The molecular formula is C45H94N3O19P3. The van der Waals surface area contributed by atoms with Crippen molar-refractivity contribution < 1.29 is 90.6 Å². The molecule has 0 aromatic rings. The summed E-state index contributed by atoms with van der Waals surface area (Å²) in [5, 5.41) is 31.7. The van der Waals surface area contributed by atoms with Gasteiger partial charge in [-0.1, -0.05) is 141 Å². The summed E-state index contributed by atoms with van der Waals surface area (Å²) in [6.07, 6.45) is 19.4. The van der Waals surface area contributed by atoms with Crippen LogP contribution < -0.4 is 33.1 Å². The van der Waals surface area contributed by atoms with E-state index in [1.165, 1.54) is 77.0 Å². The predicted molar refractivity (Wildman–Crippen MR) is 264 cm³/mol. The molecule has 25 heteroatoms. The molecule has 1 saturated carbocycles. The quantitative estimate of drug-likeness (QED) is 0.0123. The summed E-state index contributed by atoms with van der Waals surface area (Å²) in [7, 11) is -17.4. The molecule has 0 heterocycles. The Morgan fingerprint density at radius 2 is 0.800 bits per heavy atom. The van der Waals surface area contributed by atoms with Gasteiger partial charge in [-0.05, 0) is 64.2 Å². The van der Waals surface area contributed by atoms with Crippen molar-refractivity contribution >= 4 is 35.4 Å². The van der Waals surface area contributed by atoms with Gasteiger partial charge in [-0.3, -0.25) is 23.3 Å². The van der Waals surface area contributed by atoms with Crippen molar-refractivity contribution in [3.8, 4) is 0 Å². The van der Waals surface area contributed by atoms with Gasteiger partial charge in [-0.15, -0.1) is 0 Å². The summed E-state index contributed by atoms with van der Waals surface area (Å²) in [5.41, 5.74) is 0. The number of quaternary nitrogens is 3. The number of phosphoric ester groups is 3. The monoisotopic (exact) mass is 1070 g/mol. The number of hydrogen-bond acceptors (Lipinski definition) is 17. The number of esters is 2. The molecule has 0 amide bonds. The van der Waals surface area contributed by atoms with Crippen molar-refractivity contribution in [1.29, 1.82) is 0 Å². The van der Waals surface area contributed by atoms with E-state index >= 15 is 0 Å². The van der Waals surface area contributed by atoms with Gasteiger partial charge >= 0.3 is 11.9 Å². The Morgan fingerprint density at radius 3 is 1.16 bits per heavy atom. The van der Waals surface area contributed by atoms with Crippen molar-refractivity contribution in [1.82, 2.24) is 18.5 Å². The number of carbonyl (C=O) groups excluding carboxylic acids is 2. The Morgan fingerprint density at radius 1 is 0.486 bits per heavy atom. The first-order valence-corrected chi connectivity index (χ1v) is 29.0. The SMILES string of the molecule is CCCCCCCC/C=C\CCCCCCCC(=O)OC[C@H](COP(=O)([O-])OC1[C@H](O)[C@H](OP(=O)([O-])O)C(O)[C@H](OP(=O)([O-])O)[C@H]1O)OC(=O)CCCCCCC/C=C\CCCCCCCC.[NH4+].[NH4+].[NH4+]. The maximum absolute atomic E-state index is 13.0. The Labute approximate surface area is 417 Å². The second kappa shape index (κ2) is 42.8. The van der Waals surface area contributed by atoms with E-state index in [2.05, 4.69) is 47.2 Å². The first-order chi connectivity index (χ1) is 31.8. The van der Waals surface area contributed by atoms with Crippen molar-refractivity contribution in [3.05, 3.63) is 24.3 Å². The van der Waals surface area contributed by atoms with Gasteiger partial charge in [-0.2, -0.15) is 0 Å². The average Bonchev–Trinajstić information content (AvgIpc) is 3.25. The number of aliphatic hydroxyl groups excluding tert-OH is 3. The van der Waals surface area contributed by atoms with Crippen LogP contribution in [-0.4, -0.2) is 93.0 Å². The van der Waals surface area contributed by atoms with Crippen molar-refractivity contribution in [3.63, 3.8) is 0 Å². The minimum absolute atomic E-state index is 0. The molecule has 10 atom stereocenters. The predicted octanol–water partition coefficient (Wildman–Crippen LogP) is 8.30.